The lowest BCUT2D eigenvalue weighted by molar-refractivity contribution is 0.0682. The fourth-order valence-electron chi connectivity index (χ4n) is 1.32. The van der Waals surface area contributed by atoms with Gasteiger partial charge in [0.1, 0.15) is 5.75 Å². The molecular weight excluding hydrogens is 222 g/mol. The minimum Gasteiger partial charge on any atom is -0.497 e. The first kappa shape index (κ1) is 11.0. The molecule has 0 spiro atoms. The molecule has 0 aliphatic carbocycles. The summed E-state index contributed by atoms with van der Waals surface area (Å²) in [4.78, 5) is 14.6. The van der Waals surface area contributed by atoms with Crippen molar-refractivity contribution in [1.82, 2.24) is 15.2 Å². The van der Waals surface area contributed by atoms with Crippen LogP contribution in [0.25, 0.3) is 11.3 Å². The van der Waals surface area contributed by atoms with E-state index < -0.39 is 5.97 Å². The highest BCUT2D eigenvalue weighted by Gasteiger charge is 2.09. The third-order valence-corrected chi connectivity index (χ3v) is 2.12. The molecule has 86 valence electrons. The van der Waals surface area contributed by atoms with Gasteiger partial charge in [-0.15, -0.1) is 5.10 Å². The Kier molecular flexibility index (Phi) is 2.95. The first-order valence-electron chi connectivity index (χ1n) is 4.78. The van der Waals surface area contributed by atoms with Crippen LogP contribution in [-0.2, 0) is 0 Å². The Balaban J connectivity index is 2.45. The van der Waals surface area contributed by atoms with Gasteiger partial charge in [-0.25, -0.2) is 9.78 Å². The molecule has 0 saturated heterocycles. The summed E-state index contributed by atoms with van der Waals surface area (Å²) in [5.74, 6) is -0.870. The molecule has 1 N–H and O–H groups in total. The van der Waals surface area contributed by atoms with Gasteiger partial charge in [-0.1, -0.05) is 12.1 Å². The molecule has 0 fully saturated rings. The number of benzene rings is 1. The van der Waals surface area contributed by atoms with Crippen LogP contribution >= 0.6 is 0 Å². The number of hydrogen-bond donors (Lipinski definition) is 1. The maximum atomic E-state index is 10.7. The van der Waals surface area contributed by atoms with Gasteiger partial charge in [0.15, 0.2) is 0 Å². The normalized spacial score (nSPS) is 9.94. The molecule has 0 unspecified atom stereocenters. The highest BCUT2D eigenvalue weighted by molar-refractivity contribution is 5.83. The predicted molar refractivity (Wildman–Crippen MR) is 58.8 cm³/mol. The molecule has 6 nitrogen and oxygen atoms in total. The maximum Gasteiger partial charge on any atom is 0.375 e. The molecule has 2 aromatic rings. The van der Waals surface area contributed by atoms with Crippen LogP contribution in [0.2, 0.25) is 0 Å². The smallest absolute Gasteiger partial charge is 0.375 e. The summed E-state index contributed by atoms with van der Waals surface area (Å²) in [6, 6.07) is 7.11. The summed E-state index contributed by atoms with van der Waals surface area (Å²) in [5, 5.41) is 15.8. The third kappa shape index (κ3) is 2.36. The lowest BCUT2D eigenvalue weighted by Gasteiger charge is -2.03. The van der Waals surface area contributed by atoms with Crippen molar-refractivity contribution < 1.29 is 14.6 Å². The molecular formula is C11H9N3O3. The van der Waals surface area contributed by atoms with Crippen molar-refractivity contribution in [1.29, 1.82) is 0 Å². The van der Waals surface area contributed by atoms with E-state index in [2.05, 4.69) is 15.2 Å². The van der Waals surface area contributed by atoms with Gasteiger partial charge in [-0.2, -0.15) is 5.10 Å². The van der Waals surface area contributed by atoms with Crippen molar-refractivity contribution in [2.75, 3.05) is 7.11 Å². The number of aromatic nitrogens is 3. The molecule has 1 aromatic carbocycles. The van der Waals surface area contributed by atoms with Gasteiger partial charge in [0, 0.05) is 5.56 Å². The second kappa shape index (κ2) is 4.56. The standard InChI is InChI=1S/C11H9N3O3/c1-17-8-4-2-3-7(5-8)9-6-12-14-10(13-9)11(15)16/h2-6H,1H3,(H,15,16). The molecule has 0 radical (unpaired) electrons. The SMILES string of the molecule is COc1cccc(-c2cnnc(C(=O)O)n2)c1. The number of ether oxygens (including phenoxy) is 1. The Hall–Kier alpha value is -2.50. The lowest BCUT2D eigenvalue weighted by Crippen LogP contribution is -2.06. The Morgan fingerprint density at radius 2 is 2.24 bits per heavy atom. The number of carboxylic acids is 1. The van der Waals surface area contributed by atoms with Crippen LogP contribution in [0.5, 0.6) is 5.75 Å². The number of carboxylic acid groups (broad SMARTS) is 1. The zero-order valence-electron chi connectivity index (χ0n) is 8.99. The molecule has 0 atom stereocenters. The first-order chi connectivity index (χ1) is 8.20. The van der Waals surface area contributed by atoms with Crippen molar-refractivity contribution in [3.63, 3.8) is 0 Å². The van der Waals surface area contributed by atoms with E-state index in [-0.39, 0.29) is 5.82 Å². The predicted octanol–water partition coefficient (Wildman–Crippen LogP) is 1.25. The summed E-state index contributed by atoms with van der Waals surface area (Å²) in [7, 11) is 1.56. The number of nitrogens with zero attached hydrogens (tertiary/aromatic N) is 3. The van der Waals surface area contributed by atoms with Crippen LogP contribution in [0, 0.1) is 0 Å². The van der Waals surface area contributed by atoms with E-state index in [4.69, 9.17) is 9.84 Å². The van der Waals surface area contributed by atoms with Crippen LogP contribution < -0.4 is 4.74 Å². The summed E-state index contributed by atoms with van der Waals surface area (Å²) in [6.45, 7) is 0. The topological polar surface area (TPSA) is 85.2 Å². The van der Waals surface area contributed by atoms with Crippen LogP contribution in [0.1, 0.15) is 10.6 Å². The molecule has 1 heterocycles. The molecule has 6 heteroatoms. The number of methoxy groups -OCH3 is 1. The number of hydrogen-bond acceptors (Lipinski definition) is 5. The minimum atomic E-state index is -1.21. The van der Waals surface area contributed by atoms with E-state index in [1.165, 1.54) is 6.20 Å². The number of aromatic carboxylic acids is 1. The van der Waals surface area contributed by atoms with Gasteiger partial charge >= 0.3 is 5.97 Å². The second-order valence-electron chi connectivity index (χ2n) is 3.20. The highest BCUT2D eigenvalue weighted by Crippen LogP contribution is 2.21. The van der Waals surface area contributed by atoms with E-state index in [9.17, 15) is 4.79 Å². The van der Waals surface area contributed by atoms with Crippen molar-refractivity contribution >= 4 is 5.97 Å². The number of rotatable bonds is 3. The van der Waals surface area contributed by atoms with Gasteiger partial charge < -0.3 is 9.84 Å². The molecule has 17 heavy (non-hydrogen) atoms. The zero-order chi connectivity index (χ0) is 12.3. The van der Waals surface area contributed by atoms with Gasteiger partial charge in [0.05, 0.1) is 19.0 Å². The summed E-state index contributed by atoms with van der Waals surface area (Å²) >= 11 is 0. The molecule has 0 bridgehead atoms. The Morgan fingerprint density at radius 3 is 2.94 bits per heavy atom. The van der Waals surface area contributed by atoms with Crippen LogP contribution in [-0.4, -0.2) is 33.4 Å². The Labute approximate surface area is 96.9 Å². The molecule has 0 aliphatic rings. The fourth-order valence-corrected chi connectivity index (χ4v) is 1.32. The van der Waals surface area contributed by atoms with Crippen molar-refractivity contribution in [2.24, 2.45) is 0 Å². The molecule has 2 rings (SSSR count). The van der Waals surface area contributed by atoms with Crippen LogP contribution in [0.3, 0.4) is 0 Å². The Morgan fingerprint density at radius 1 is 1.41 bits per heavy atom. The molecule has 0 amide bonds. The lowest BCUT2D eigenvalue weighted by atomic mass is 10.1. The largest absolute Gasteiger partial charge is 0.497 e. The molecule has 0 aliphatic heterocycles. The van der Waals surface area contributed by atoms with Gasteiger partial charge in [-0.3, -0.25) is 0 Å². The first-order valence-corrected chi connectivity index (χ1v) is 4.78. The maximum absolute atomic E-state index is 10.7. The highest BCUT2D eigenvalue weighted by atomic mass is 16.5. The number of carbonyl (C=O) groups is 1. The van der Waals surface area contributed by atoms with Gasteiger partial charge in [-0.05, 0) is 12.1 Å². The van der Waals surface area contributed by atoms with E-state index in [0.717, 1.165) is 5.56 Å². The summed E-state index contributed by atoms with van der Waals surface area (Å²) in [5.41, 5.74) is 1.16. The van der Waals surface area contributed by atoms with Crippen molar-refractivity contribution in [2.45, 2.75) is 0 Å². The van der Waals surface area contributed by atoms with Crippen molar-refractivity contribution in [3.8, 4) is 17.0 Å². The fraction of sp³-hybridized carbons (Fsp3) is 0.0909. The van der Waals surface area contributed by atoms with E-state index in [0.29, 0.717) is 11.4 Å². The average molecular weight is 231 g/mol. The van der Waals surface area contributed by atoms with Gasteiger partial charge in [0.25, 0.3) is 5.82 Å². The quantitative estimate of drug-likeness (QED) is 0.855. The minimum absolute atomic E-state index is 0.328. The Bertz CT molecular complexity index is 557. The zero-order valence-corrected chi connectivity index (χ0v) is 8.99. The van der Waals surface area contributed by atoms with Crippen LogP contribution in [0.4, 0.5) is 0 Å². The summed E-state index contributed by atoms with van der Waals surface area (Å²) in [6.07, 6.45) is 1.40. The molecule has 0 saturated carbocycles. The van der Waals surface area contributed by atoms with Crippen LogP contribution in [0.15, 0.2) is 30.5 Å². The molecule has 1 aromatic heterocycles. The third-order valence-electron chi connectivity index (χ3n) is 2.12. The van der Waals surface area contributed by atoms with E-state index in [1.807, 2.05) is 0 Å². The average Bonchev–Trinajstić information content (AvgIpc) is 2.39. The second-order valence-corrected chi connectivity index (χ2v) is 3.20. The van der Waals surface area contributed by atoms with E-state index in [1.54, 1.807) is 31.4 Å². The summed E-state index contributed by atoms with van der Waals surface area (Å²) < 4.78 is 5.07. The monoisotopic (exact) mass is 231 g/mol. The van der Waals surface area contributed by atoms with Crippen molar-refractivity contribution in [3.05, 3.63) is 36.3 Å². The van der Waals surface area contributed by atoms with Gasteiger partial charge in [0.2, 0.25) is 0 Å². The van der Waals surface area contributed by atoms with E-state index >= 15 is 0 Å².